The largest absolute Gasteiger partial charge is 0.457 e. The van der Waals surface area contributed by atoms with Gasteiger partial charge in [0.25, 0.3) is 5.91 Å². The molecule has 0 fully saturated rings. The van der Waals surface area contributed by atoms with Crippen LogP contribution in [0.3, 0.4) is 0 Å². The molecule has 0 saturated heterocycles. The molecule has 0 radical (unpaired) electrons. The minimum absolute atomic E-state index is 0.270. The number of carbonyl (C=O) groups is 2. The summed E-state index contributed by atoms with van der Waals surface area (Å²) in [4.78, 5) is 27.9. The minimum atomic E-state index is -0.322. The highest BCUT2D eigenvalue weighted by Crippen LogP contribution is 2.23. The van der Waals surface area contributed by atoms with E-state index in [1.807, 2.05) is 32.0 Å². The van der Waals surface area contributed by atoms with Crippen molar-refractivity contribution >= 4 is 23.3 Å². The van der Waals surface area contributed by atoms with E-state index in [4.69, 9.17) is 4.74 Å². The van der Waals surface area contributed by atoms with Crippen LogP contribution < -0.4 is 20.7 Å². The summed E-state index contributed by atoms with van der Waals surface area (Å²) in [6.45, 7) is 3.91. The van der Waals surface area contributed by atoms with Crippen molar-refractivity contribution in [2.24, 2.45) is 0 Å². The van der Waals surface area contributed by atoms with E-state index in [-0.39, 0.29) is 17.6 Å². The van der Waals surface area contributed by atoms with Crippen LogP contribution in [-0.2, 0) is 0 Å². The SMILES string of the molecule is CNC(=O)c1cc(Oc2ccc(NC(=O)Nc3cc(C)ccc3C)cc2)ccn1. The number of nitrogens with one attached hydrogen (secondary N) is 3. The molecule has 3 amide bonds. The second kappa shape index (κ2) is 8.88. The second-order valence-corrected chi connectivity index (χ2v) is 6.48. The van der Waals surface area contributed by atoms with Gasteiger partial charge in [-0.2, -0.15) is 0 Å². The first-order chi connectivity index (χ1) is 13.9. The van der Waals surface area contributed by atoms with Crippen molar-refractivity contribution in [2.75, 3.05) is 17.7 Å². The number of aryl methyl sites for hydroxylation is 2. The third-order valence-corrected chi connectivity index (χ3v) is 4.18. The number of nitrogens with zero attached hydrogens (tertiary/aromatic N) is 1. The van der Waals surface area contributed by atoms with Gasteiger partial charge in [-0.25, -0.2) is 4.79 Å². The Labute approximate surface area is 169 Å². The number of benzene rings is 2. The molecule has 0 spiro atoms. The molecular weight excluding hydrogens is 368 g/mol. The van der Waals surface area contributed by atoms with E-state index >= 15 is 0 Å². The van der Waals surface area contributed by atoms with Crippen LogP contribution >= 0.6 is 0 Å². The predicted octanol–water partition coefficient (Wildman–Crippen LogP) is 4.49. The van der Waals surface area contributed by atoms with E-state index < -0.39 is 0 Å². The third kappa shape index (κ3) is 5.32. The van der Waals surface area contributed by atoms with Crippen molar-refractivity contribution in [2.45, 2.75) is 13.8 Å². The predicted molar refractivity (Wildman–Crippen MR) is 113 cm³/mol. The number of pyridine rings is 1. The summed E-state index contributed by atoms with van der Waals surface area (Å²) < 4.78 is 5.75. The Morgan fingerprint density at radius 1 is 0.897 bits per heavy atom. The molecule has 0 bridgehead atoms. The van der Waals surface area contributed by atoms with Crippen molar-refractivity contribution in [1.29, 1.82) is 0 Å². The lowest BCUT2D eigenvalue weighted by Crippen LogP contribution is -2.20. The van der Waals surface area contributed by atoms with Gasteiger partial charge in [0.05, 0.1) is 0 Å². The number of hydrogen-bond acceptors (Lipinski definition) is 4. The highest BCUT2D eigenvalue weighted by molar-refractivity contribution is 6.00. The first-order valence-electron chi connectivity index (χ1n) is 9.06. The van der Waals surface area contributed by atoms with Crippen LogP contribution in [0, 0.1) is 13.8 Å². The van der Waals surface area contributed by atoms with Gasteiger partial charge < -0.3 is 20.7 Å². The summed E-state index contributed by atoms with van der Waals surface area (Å²) in [5.74, 6) is 0.774. The molecule has 2 aromatic carbocycles. The zero-order chi connectivity index (χ0) is 20.8. The summed E-state index contributed by atoms with van der Waals surface area (Å²) in [6, 6.07) is 15.7. The molecule has 7 heteroatoms. The first kappa shape index (κ1) is 19.9. The van der Waals surface area contributed by atoms with Gasteiger partial charge in [0.1, 0.15) is 17.2 Å². The van der Waals surface area contributed by atoms with Crippen molar-refractivity contribution in [3.8, 4) is 11.5 Å². The van der Waals surface area contributed by atoms with Crippen LogP contribution in [-0.4, -0.2) is 24.0 Å². The van der Waals surface area contributed by atoms with Gasteiger partial charge in [0.15, 0.2) is 0 Å². The van der Waals surface area contributed by atoms with E-state index in [0.29, 0.717) is 17.2 Å². The van der Waals surface area contributed by atoms with Crippen molar-refractivity contribution in [1.82, 2.24) is 10.3 Å². The van der Waals surface area contributed by atoms with Gasteiger partial charge in [0.2, 0.25) is 0 Å². The van der Waals surface area contributed by atoms with Crippen LogP contribution in [0.2, 0.25) is 0 Å². The fourth-order valence-corrected chi connectivity index (χ4v) is 2.62. The van der Waals surface area contributed by atoms with E-state index in [0.717, 1.165) is 16.8 Å². The summed E-state index contributed by atoms with van der Waals surface area (Å²) in [5, 5.41) is 8.16. The van der Waals surface area contributed by atoms with E-state index in [1.54, 1.807) is 43.4 Å². The molecule has 0 aliphatic carbocycles. The number of urea groups is 1. The molecule has 7 nitrogen and oxygen atoms in total. The second-order valence-electron chi connectivity index (χ2n) is 6.48. The maximum Gasteiger partial charge on any atom is 0.323 e. The van der Waals surface area contributed by atoms with Crippen molar-refractivity contribution in [3.63, 3.8) is 0 Å². The molecule has 1 aromatic heterocycles. The third-order valence-electron chi connectivity index (χ3n) is 4.18. The summed E-state index contributed by atoms with van der Waals surface area (Å²) in [7, 11) is 1.54. The van der Waals surface area contributed by atoms with Gasteiger partial charge in [0, 0.05) is 30.7 Å². The Morgan fingerprint density at radius 3 is 2.38 bits per heavy atom. The average Bonchev–Trinajstić information content (AvgIpc) is 2.72. The Balaban J connectivity index is 1.62. The lowest BCUT2D eigenvalue weighted by molar-refractivity contribution is 0.0958. The lowest BCUT2D eigenvalue weighted by atomic mass is 10.1. The number of amides is 3. The number of rotatable bonds is 5. The van der Waals surface area contributed by atoms with Crippen LogP contribution in [0.25, 0.3) is 0 Å². The molecule has 0 saturated carbocycles. The average molecular weight is 390 g/mol. The summed E-state index contributed by atoms with van der Waals surface area (Å²) in [6.07, 6.45) is 1.51. The zero-order valence-electron chi connectivity index (χ0n) is 16.4. The monoisotopic (exact) mass is 390 g/mol. The highest BCUT2D eigenvalue weighted by atomic mass is 16.5. The van der Waals surface area contributed by atoms with Gasteiger partial charge in [-0.3, -0.25) is 9.78 Å². The quantitative estimate of drug-likeness (QED) is 0.598. The van der Waals surface area contributed by atoms with Gasteiger partial charge >= 0.3 is 6.03 Å². The molecule has 148 valence electrons. The van der Waals surface area contributed by atoms with Crippen molar-refractivity contribution in [3.05, 3.63) is 77.6 Å². The number of carbonyl (C=O) groups excluding carboxylic acids is 2. The van der Waals surface area contributed by atoms with E-state index in [2.05, 4.69) is 20.9 Å². The van der Waals surface area contributed by atoms with Crippen LogP contribution in [0.5, 0.6) is 11.5 Å². The number of hydrogen-bond donors (Lipinski definition) is 3. The maximum absolute atomic E-state index is 12.3. The Hall–Kier alpha value is -3.87. The fraction of sp³-hybridized carbons (Fsp3) is 0.136. The normalized spacial score (nSPS) is 10.2. The number of anilines is 2. The molecule has 3 aromatic rings. The van der Waals surface area contributed by atoms with Crippen LogP contribution in [0.1, 0.15) is 21.6 Å². The summed E-state index contributed by atoms with van der Waals surface area (Å²) in [5.41, 5.74) is 3.73. The minimum Gasteiger partial charge on any atom is -0.457 e. The van der Waals surface area contributed by atoms with E-state index in [1.165, 1.54) is 6.20 Å². The van der Waals surface area contributed by atoms with Crippen molar-refractivity contribution < 1.29 is 14.3 Å². The lowest BCUT2D eigenvalue weighted by Gasteiger charge is -2.11. The molecule has 0 unspecified atom stereocenters. The first-order valence-corrected chi connectivity index (χ1v) is 9.06. The number of ether oxygens (including phenoxy) is 1. The zero-order valence-corrected chi connectivity index (χ0v) is 16.4. The molecule has 3 rings (SSSR count). The molecule has 0 atom stereocenters. The van der Waals surface area contributed by atoms with Crippen LogP contribution in [0.4, 0.5) is 16.2 Å². The van der Waals surface area contributed by atoms with Gasteiger partial charge in [-0.1, -0.05) is 12.1 Å². The Bertz CT molecular complexity index is 1030. The highest BCUT2D eigenvalue weighted by Gasteiger charge is 2.08. The molecular formula is C22H22N4O3. The molecule has 0 aliphatic heterocycles. The Kier molecular flexibility index (Phi) is 6.09. The molecule has 0 aliphatic rings. The number of aromatic nitrogens is 1. The molecule has 1 heterocycles. The van der Waals surface area contributed by atoms with Crippen LogP contribution in [0.15, 0.2) is 60.8 Å². The van der Waals surface area contributed by atoms with E-state index in [9.17, 15) is 9.59 Å². The molecule has 29 heavy (non-hydrogen) atoms. The smallest absolute Gasteiger partial charge is 0.323 e. The maximum atomic E-state index is 12.3. The topological polar surface area (TPSA) is 92.4 Å². The standard InChI is InChI=1S/C22H22N4O3/c1-14-4-5-15(2)19(12-14)26-22(28)25-16-6-8-17(9-7-16)29-18-10-11-24-20(13-18)21(27)23-3/h4-13H,1-3H3,(H,23,27)(H2,25,26,28). The Morgan fingerprint density at radius 2 is 1.66 bits per heavy atom. The van der Waals surface area contributed by atoms with Gasteiger partial charge in [-0.15, -0.1) is 0 Å². The fourth-order valence-electron chi connectivity index (χ4n) is 2.62. The molecule has 3 N–H and O–H groups in total. The van der Waals surface area contributed by atoms with Gasteiger partial charge in [-0.05, 0) is 61.4 Å². The summed E-state index contributed by atoms with van der Waals surface area (Å²) >= 11 is 0.